The van der Waals surface area contributed by atoms with E-state index in [4.69, 9.17) is 9.47 Å². The monoisotopic (exact) mass is 344 g/mol. The summed E-state index contributed by atoms with van der Waals surface area (Å²) in [5.41, 5.74) is 0.632. The van der Waals surface area contributed by atoms with Crippen molar-refractivity contribution >= 4 is 5.97 Å². The highest BCUT2D eigenvalue weighted by Gasteiger charge is 2.28. The molecule has 0 saturated heterocycles. The number of rotatable bonds is 13. The molecule has 25 heavy (non-hydrogen) atoms. The molecule has 0 spiro atoms. The summed E-state index contributed by atoms with van der Waals surface area (Å²) in [6.07, 6.45) is 22.7. The van der Waals surface area contributed by atoms with Crippen LogP contribution in [-0.4, -0.2) is 13.1 Å². The number of hydrogen-bond donors (Lipinski definition) is 0. The van der Waals surface area contributed by atoms with Gasteiger partial charge in [0.15, 0.2) is 11.5 Å². The van der Waals surface area contributed by atoms with Gasteiger partial charge in [-0.3, -0.25) is 0 Å². The van der Waals surface area contributed by atoms with Crippen LogP contribution >= 0.6 is 0 Å². The molecule has 0 fully saturated rings. The van der Waals surface area contributed by atoms with Crippen molar-refractivity contribution in [3.63, 3.8) is 0 Å². The van der Waals surface area contributed by atoms with Gasteiger partial charge in [-0.05, 0) is 44.9 Å². The van der Waals surface area contributed by atoms with Crippen molar-refractivity contribution < 1.29 is 14.3 Å². The molecule has 0 saturated carbocycles. The fraction of sp³-hybridized carbons (Fsp3) is 0.500. The summed E-state index contributed by atoms with van der Waals surface area (Å²) in [4.78, 5) is 11.7. The summed E-state index contributed by atoms with van der Waals surface area (Å²) < 4.78 is 10.2. The number of esters is 1. The highest BCUT2D eigenvalue weighted by Crippen LogP contribution is 2.28. The molecule has 3 nitrogen and oxygen atoms in total. The lowest BCUT2D eigenvalue weighted by Crippen LogP contribution is -1.99. The molecule has 0 aromatic carbocycles. The van der Waals surface area contributed by atoms with Crippen molar-refractivity contribution in [2.45, 2.75) is 64.7 Å². The number of cyclic esters (lactones) is 1. The molecule has 138 valence electrons. The molecule has 0 amide bonds. The van der Waals surface area contributed by atoms with Crippen LogP contribution in [0.3, 0.4) is 0 Å². The van der Waals surface area contributed by atoms with Gasteiger partial charge < -0.3 is 9.47 Å². The van der Waals surface area contributed by atoms with Gasteiger partial charge in [-0.25, -0.2) is 4.79 Å². The Morgan fingerprint density at radius 1 is 0.960 bits per heavy atom. The minimum Gasteiger partial charge on any atom is -0.492 e. The zero-order valence-electron chi connectivity index (χ0n) is 15.8. The standard InChI is InChI=1S/C22H32O3/c1-4-5-6-7-8-9-10-11-12-13-14-15-16-17-18-20-21(24-3)19(2)25-22(20)23/h5-6,8-9,11-12H,2,4,7,10,13-18H2,1,3H3. The van der Waals surface area contributed by atoms with Crippen molar-refractivity contribution in [2.75, 3.05) is 7.11 Å². The Balaban J connectivity index is 2.04. The number of unbranched alkanes of at least 4 members (excludes halogenated alkanes) is 4. The molecule has 0 radical (unpaired) electrons. The molecule has 0 aromatic heterocycles. The second-order valence-electron chi connectivity index (χ2n) is 6.07. The van der Waals surface area contributed by atoms with E-state index in [2.05, 4.69) is 50.0 Å². The summed E-state index contributed by atoms with van der Waals surface area (Å²) >= 11 is 0. The predicted molar refractivity (Wildman–Crippen MR) is 104 cm³/mol. The maximum absolute atomic E-state index is 11.7. The van der Waals surface area contributed by atoms with Crippen molar-refractivity contribution in [2.24, 2.45) is 0 Å². The van der Waals surface area contributed by atoms with E-state index in [1.54, 1.807) is 7.11 Å². The fourth-order valence-electron chi connectivity index (χ4n) is 2.68. The third kappa shape index (κ3) is 8.57. The van der Waals surface area contributed by atoms with E-state index in [1.165, 1.54) is 12.8 Å². The van der Waals surface area contributed by atoms with Crippen LogP contribution in [0.1, 0.15) is 64.7 Å². The molecule has 0 unspecified atom stereocenters. The van der Waals surface area contributed by atoms with Crippen LogP contribution in [0.15, 0.2) is 60.1 Å². The van der Waals surface area contributed by atoms with Crippen molar-refractivity contribution in [1.29, 1.82) is 0 Å². The third-order valence-electron chi connectivity index (χ3n) is 4.02. The average molecular weight is 344 g/mol. The predicted octanol–water partition coefficient (Wildman–Crippen LogP) is 6.16. The Hall–Kier alpha value is -2.03. The Labute approximate surface area is 152 Å². The molecule has 0 aromatic rings. The van der Waals surface area contributed by atoms with Crippen LogP contribution in [-0.2, 0) is 14.3 Å². The van der Waals surface area contributed by atoms with Crippen LogP contribution < -0.4 is 0 Å². The Kier molecular flexibility index (Phi) is 11.2. The zero-order valence-corrected chi connectivity index (χ0v) is 15.8. The van der Waals surface area contributed by atoms with Gasteiger partial charge in [0.1, 0.15) is 0 Å². The number of hydrogen-bond acceptors (Lipinski definition) is 3. The largest absolute Gasteiger partial charge is 0.492 e. The van der Waals surface area contributed by atoms with Gasteiger partial charge in [-0.2, -0.15) is 0 Å². The van der Waals surface area contributed by atoms with Gasteiger partial charge in [0.25, 0.3) is 0 Å². The fourth-order valence-corrected chi connectivity index (χ4v) is 2.68. The van der Waals surface area contributed by atoms with Gasteiger partial charge in [0.2, 0.25) is 0 Å². The summed E-state index contributed by atoms with van der Waals surface area (Å²) in [6, 6.07) is 0. The number of carbonyl (C=O) groups is 1. The lowest BCUT2D eigenvalue weighted by Gasteiger charge is -2.02. The molecular formula is C22H32O3. The van der Waals surface area contributed by atoms with E-state index in [0.717, 1.165) is 38.5 Å². The van der Waals surface area contributed by atoms with E-state index in [1.807, 2.05) is 0 Å². The molecule has 0 bridgehead atoms. The minimum atomic E-state index is -0.303. The molecule has 0 atom stereocenters. The second-order valence-corrected chi connectivity index (χ2v) is 6.07. The molecule has 1 aliphatic heterocycles. The first kappa shape index (κ1) is 21.0. The zero-order chi connectivity index (χ0) is 18.3. The first-order chi connectivity index (χ1) is 12.2. The normalized spacial score (nSPS) is 15.3. The topological polar surface area (TPSA) is 35.5 Å². The Morgan fingerprint density at radius 3 is 2.28 bits per heavy atom. The maximum atomic E-state index is 11.7. The van der Waals surface area contributed by atoms with Crippen LogP contribution in [0.5, 0.6) is 0 Å². The smallest absolute Gasteiger partial charge is 0.343 e. The number of allylic oxidation sites excluding steroid dienone is 6. The van der Waals surface area contributed by atoms with E-state index >= 15 is 0 Å². The minimum absolute atomic E-state index is 0.303. The number of ether oxygens (including phenoxy) is 2. The number of methoxy groups -OCH3 is 1. The quantitative estimate of drug-likeness (QED) is 0.228. The molecule has 1 heterocycles. The van der Waals surface area contributed by atoms with E-state index in [0.29, 0.717) is 23.5 Å². The molecule has 0 aliphatic carbocycles. The average Bonchev–Trinajstić information content (AvgIpc) is 2.88. The van der Waals surface area contributed by atoms with Gasteiger partial charge in [0.05, 0.1) is 12.7 Å². The van der Waals surface area contributed by atoms with Crippen molar-refractivity contribution in [1.82, 2.24) is 0 Å². The third-order valence-corrected chi connectivity index (χ3v) is 4.02. The first-order valence-corrected chi connectivity index (χ1v) is 9.34. The van der Waals surface area contributed by atoms with Gasteiger partial charge in [-0.1, -0.05) is 62.8 Å². The summed E-state index contributed by atoms with van der Waals surface area (Å²) in [7, 11) is 1.55. The van der Waals surface area contributed by atoms with E-state index in [-0.39, 0.29) is 5.97 Å². The number of carbonyl (C=O) groups excluding carboxylic acids is 1. The molecule has 0 N–H and O–H groups in total. The van der Waals surface area contributed by atoms with Crippen LogP contribution in [0.4, 0.5) is 0 Å². The van der Waals surface area contributed by atoms with E-state index < -0.39 is 0 Å². The summed E-state index contributed by atoms with van der Waals surface area (Å²) in [5, 5.41) is 0. The molecule has 1 aliphatic rings. The summed E-state index contributed by atoms with van der Waals surface area (Å²) in [6.45, 7) is 5.83. The summed E-state index contributed by atoms with van der Waals surface area (Å²) in [5.74, 6) is 0.553. The maximum Gasteiger partial charge on any atom is 0.343 e. The highest BCUT2D eigenvalue weighted by molar-refractivity contribution is 5.93. The van der Waals surface area contributed by atoms with Gasteiger partial charge >= 0.3 is 5.97 Å². The second kappa shape index (κ2) is 13.3. The van der Waals surface area contributed by atoms with Gasteiger partial charge in [-0.15, -0.1) is 0 Å². The van der Waals surface area contributed by atoms with Crippen LogP contribution in [0.25, 0.3) is 0 Å². The Bertz CT molecular complexity index is 535. The van der Waals surface area contributed by atoms with Crippen molar-refractivity contribution in [3.8, 4) is 0 Å². The molecule has 1 rings (SSSR count). The lowest BCUT2D eigenvalue weighted by molar-refractivity contribution is -0.133. The van der Waals surface area contributed by atoms with E-state index in [9.17, 15) is 4.79 Å². The van der Waals surface area contributed by atoms with Gasteiger partial charge in [0, 0.05) is 0 Å². The lowest BCUT2D eigenvalue weighted by atomic mass is 10.0. The highest BCUT2D eigenvalue weighted by atomic mass is 16.6. The Morgan fingerprint density at radius 2 is 1.60 bits per heavy atom. The molecule has 3 heteroatoms. The first-order valence-electron chi connectivity index (χ1n) is 9.34. The SMILES string of the molecule is C=C1OC(=O)C(CCCCCCC=CCC=CCC=CCC)=C1OC. The van der Waals surface area contributed by atoms with Crippen molar-refractivity contribution in [3.05, 3.63) is 60.1 Å². The molecular weight excluding hydrogens is 312 g/mol. The van der Waals surface area contributed by atoms with Crippen LogP contribution in [0, 0.1) is 0 Å². The van der Waals surface area contributed by atoms with Crippen LogP contribution in [0.2, 0.25) is 0 Å².